The lowest BCUT2D eigenvalue weighted by molar-refractivity contribution is 0.0927. The minimum atomic E-state index is 0.0120. The molecule has 5 nitrogen and oxygen atoms in total. The quantitative estimate of drug-likeness (QED) is 0.887. The third kappa shape index (κ3) is 3.85. The summed E-state index contributed by atoms with van der Waals surface area (Å²) >= 11 is 0. The SMILES string of the molecule is CCN(CC)Cc1ccc(C(=O)N[C@H]2CCc3nccn3C2)cc1. The molecule has 24 heavy (non-hydrogen) atoms. The molecule has 0 aliphatic carbocycles. The second-order valence-electron chi connectivity index (χ2n) is 6.36. The average Bonchev–Trinajstić information content (AvgIpc) is 3.08. The molecule has 2 heterocycles. The zero-order valence-electron chi connectivity index (χ0n) is 14.5. The summed E-state index contributed by atoms with van der Waals surface area (Å²) in [5.74, 6) is 1.12. The summed E-state index contributed by atoms with van der Waals surface area (Å²) in [7, 11) is 0. The number of nitrogens with one attached hydrogen (secondary N) is 1. The highest BCUT2D eigenvalue weighted by Crippen LogP contribution is 2.14. The van der Waals surface area contributed by atoms with Gasteiger partial charge in [0.05, 0.1) is 0 Å². The van der Waals surface area contributed by atoms with Crippen LogP contribution in [0.2, 0.25) is 0 Å². The van der Waals surface area contributed by atoms with Crippen molar-refractivity contribution in [2.24, 2.45) is 0 Å². The molecular formula is C19H26N4O. The summed E-state index contributed by atoms with van der Waals surface area (Å²) in [6.45, 7) is 8.15. The molecule has 0 saturated carbocycles. The van der Waals surface area contributed by atoms with Gasteiger partial charge in [0.15, 0.2) is 0 Å². The number of hydrogen-bond donors (Lipinski definition) is 1. The van der Waals surface area contributed by atoms with E-state index < -0.39 is 0 Å². The summed E-state index contributed by atoms with van der Waals surface area (Å²) < 4.78 is 2.13. The molecule has 1 atom stereocenters. The molecule has 1 aliphatic heterocycles. The van der Waals surface area contributed by atoms with Crippen LogP contribution in [0.4, 0.5) is 0 Å². The predicted octanol–water partition coefficient (Wildman–Crippen LogP) is 2.47. The summed E-state index contributed by atoms with van der Waals surface area (Å²) in [6, 6.07) is 8.15. The van der Waals surface area contributed by atoms with E-state index in [2.05, 4.69) is 45.7 Å². The topological polar surface area (TPSA) is 50.2 Å². The number of benzene rings is 1. The maximum Gasteiger partial charge on any atom is 0.251 e. The van der Waals surface area contributed by atoms with Gasteiger partial charge in [-0.25, -0.2) is 4.98 Å². The number of imidazole rings is 1. The van der Waals surface area contributed by atoms with Crippen molar-refractivity contribution in [2.75, 3.05) is 13.1 Å². The Morgan fingerprint density at radius 1 is 1.29 bits per heavy atom. The summed E-state index contributed by atoms with van der Waals surface area (Å²) in [5, 5.41) is 3.15. The lowest BCUT2D eigenvalue weighted by Crippen LogP contribution is -2.40. The number of aromatic nitrogens is 2. The van der Waals surface area contributed by atoms with Crippen LogP contribution in [0.25, 0.3) is 0 Å². The zero-order chi connectivity index (χ0) is 16.9. The monoisotopic (exact) mass is 326 g/mol. The molecule has 0 fully saturated rings. The summed E-state index contributed by atoms with van der Waals surface area (Å²) in [6.07, 6.45) is 5.67. The Bertz CT molecular complexity index is 673. The first-order chi connectivity index (χ1) is 11.7. The van der Waals surface area contributed by atoms with Crippen LogP contribution in [0, 0.1) is 0 Å². The molecule has 1 aromatic heterocycles. The van der Waals surface area contributed by atoms with E-state index >= 15 is 0 Å². The number of carbonyl (C=O) groups excluding carboxylic acids is 1. The number of carbonyl (C=O) groups is 1. The van der Waals surface area contributed by atoms with Crippen molar-refractivity contribution in [3.63, 3.8) is 0 Å². The number of amides is 1. The fourth-order valence-electron chi connectivity index (χ4n) is 3.22. The second-order valence-corrected chi connectivity index (χ2v) is 6.36. The van der Waals surface area contributed by atoms with E-state index in [1.165, 1.54) is 5.56 Å². The van der Waals surface area contributed by atoms with Gasteiger partial charge in [0.1, 0.15) is 5.82 Å². The molecule has 128 valence electrons. The van der Waals surface area contributed by atoms with Gasteiger partial charge >= 0.3 is 0 Å². The van der Waals surface area contributed by atoms with Crippen LogP contribution in [0.1, 0.15) is 42.0 Å². The molecule has 0 saturated heterocycles. The highest BCUT2D eigenvalue weighted by Gasteiger charge is 2.20. The Kier molecular flexibility index (Phi) is 5.30. The smallest absolute Gasteiger partial charge is 0.251 e. The molecule has 5 heteroatoms. The van der Waals surface area contributed by atoms with E-state index in [9.17, 15) is 4.79 Å². The van der Waals surface area contributed by atoms with E-state index in [1.54, 1.807) is 0 Å². The van der Waals surface area contributed by atoms with Crippen LogP contribution in [0.3, 0.4) is 0 Å². The maximum atomic E-state index is 12.5. The minimum absolute atomic E-state index is 0.0120. The molecule has 3 rings (SSSR count). The van der Waals surface area contributed by atoms with Crippen molar-refractivity contribution < 1.29 is 4.79 Å². The largest absolute Gasteiger partial charge is 0.347 e. The Labute approximate surface area is 143 Å². The van der Waals surface area contributed by atoms with Gasteiger partial charge in [-0.05, 0) is 37.2 Å². The third-order valence-electron chi connectivity index (χ3n) is 4.79. The van der Waals surface area contributed by atoms with Gasteiger partial charge in [-0.1, -0.05) is 26.0 Å². The van der Waals surface area contributed by atoms with Crippen LogP contribution >= 0.6 is 0 Å². The molecule has 0 radical (unpaired) electrons. The molecule has 2 aromatic rings. The Morgan fingerprint density at radius 2 is 2.04 bits per heavy atom. The molecule has 0 unspecified atom stereocenters. The van der Waals surface area contributed by atoms with Crippen molar-refractivity contribution >= 4 is 5.91 Å². The number of hydrogen-bond acceptors (Lipinski definition) is 3. The maximum absolute atomic E-state index is 12.5. The molecule has 0 bridgehead atoms. The molecule has 1 aromatic carbocycles. The van der Waals surface area contributed by atoms with Crippen LogP contribution in [-0.4, -0.2) is 39.5 Å². The van der Waals surface area contributed by atoms with Crippen LogP contribution in [0.15, 0.2) is 36.7 Å². The van der Waals surface area contributed by atoms with E-state index in [0.717, 1.165) is 50.4 Å². The third-order valence-corrected chi connectivity index (χ3v) is 4.79. The molecule has 1 aliphatic rings. The summed E-state index contributed by atoms with van der Waals surface area (Å²) in [5.41, 5.74) is 1.98. The number of fused-ring (bicyclic) bond motifs is 1. The number of aryl methyl sites for hydroxylation is 1. The van der Waals surface area contributed by atoms with E-state index in [1.807, 2.05) is 24.5 Å². The van der Waals surface area contributed by atoms with Crippen LogP contribution in [-0.2, 0) is 19.5 Å². The normalized spacial score (nSPS) is 16.9. The first kappa shape index (κ1) is 16.7. The lowest BCUT2D eigenvalue weighted by atomic mass is 10.1. The van der Waals surface area contributed by atoms with Gasteiger partial charge in [-0.15, -0.1) is 0 Å². The van der Waals surface area contributed by atoms with Crippen molar-refractivity contribution in [3.8, 4) is 0 Å². The first-order valence-corrected chi connectivity index (χ1v) is 8.81. The van der Waals surface area contributed by atoms with Crippen molar-refractivity contribution in [1.82, 2.24) is 19.8 Å². The average molecular weight is 326 g/mol. The van der Waals surface area contributed by atoms with Gasteiger partial charge in [-0.3, -0.25) is 9.69 Å². The summed E-state index contributed by atoms with van der Waals surface area (Å²) in [4.78, 5) is 19.1. The predicted molar refractivity (Wildman–Crippen MR) is 94.9 cm³/mol. The van der Waals surface area contributed by atoms with E-state index in [-0.39, 0.29) is 11.9 Å². The van der Waals surface area contributed by atoms with Gasteiger partial charge < -0.3 is 9.88 Å². The van der Waals surface area contributed by atoms with Crippen molar-refractivity contribution in [3.05, 3.63) is 53.6 Å². The molecule has 1 N–H and O–H groups in total. The molecular weight excluding hydrogens is 300 g/mol. The molecule has 1 amide bonds. The Morgan fingerprint density at radius 3 is 2.75 bits per heavy atom. The van der Waals surface area contributed by atoms with Crippen LogP contribution < -0.4 is 5.32 Å². The number of rotatable bonds is 6. The fraction of sp³-hybridized carbons (Fsp3) is 0.474. The van der Waals surface area contributed by atoms with Crippen molar-refractivity contribution in [1.29, 1.82) is 0 Å². The fourth-order valence-corrected chi connectivity index (χ4v) is 3.22. The Hall–Kier alpha value is -2.14. The first-order valence-electron chi connectivity index (χ1n) is 8.81. The van der Waals surface area contributed by atoms with Gasteiger partial charge in [-0.2, -0.15) is 0 Å². The van der Waals surface area contributed by atoms with Gasteiger partial charge in [0, 0.05) is 43.5 Å². The van der Waals surface area contributed by atoms with Crippen molar-refractivity contribution in [2.45, 2.75) is 45.8 Å². The standard InChI is InChI=1S/C19H26N4O/c1-3-22(4-2)13-15-5-7-16(8-6-15)19(24)21-17-9-10-18-20-11-12-23(18)14-17/h5-8,11-12,17H,3-4,9-10,13-14H2,1-2H3,(H,21,24)/t17-/m0/s1. The van der Waals surface area contributed by atoms with Crippen LogP contribution in [0.5, 0.6) is 0 Å². The Balaban J connectivity index is 1.57. The zero-order valence-corrected chi connectivity index (χ0v) is 14.5. The molecule has 0 spiro atoms. The van der Waals surface area contributed by atoms with E-state index in [4.69, 9.17) is 0 Å². The second kappa shape index (κ2) is 7.62. The lowest BCUT2D eigenvalue weighted by Gasteiger charge is -2.24. The van der Waals surface area contributed by atoms with E-state index in [0.29, 0.717) is 0 Å². The highest BCUT2D eigenvalue weighted by molar-refractivity contribution is 5.94. The van der Waals surface area contributed by atoms with Gasteiger partial charge in [0.2, 0.25) is 0 Å². The minimum Gasteiger partial charge on any atom is -0.347 e. The number of nitrogens with zero attached hydrogens (tertiary/aromatic N) is 3. The van der Waals surface area contributed by atoms with Gasteiger partial charge in [0.25, 0.3) is 5.91 Å². The highest BCUT2D eigenvalue weighted by atomic mass is 16.1.